The van der Waals surface area contributed by atoms with Gasteiger partial charge in [-0.05, 0) is 49.2 Å². The maximum atomic E-state index is 10.5. The number of rotatable bonds is 5. The Bertz CT molecular complexity index is 870. The molecule has 1 atom stereocenters. The van der Waals surface area contributed by atoms with E-state index < -0.39 is 6.10 Å². The van der Waals surface area contributed by atoms with Gasteiger partial charge in [0.2, 0.25) is 0 Å². The van der Waals surface area contributed by atoms with Crippen LogP contribution in [0.4, 0.5) is 0 Å². The topological polar surface area (TPSA) is 56.0 Å². The molecule has 2 aromatic heterocycles. The van der Waals surface area contributed by atoms with Gasteiger partial charge in [0.1, 0.15) is 5.65 Å². The molecule has 0 bridgehead atoms. The third kappa shape index (κ3) is 2.71. The summed E-state index contributed by atoms with van der Waals surface area (Å²) in [4.78, 5) is 4.75. The SMILES string of the molecule is CCC(O)c1c(-c2ccc(OC)c(OC)c2)nc2cc(C)ccn12. The summed E-state index contributed by atoms with van der Waals surface area (Å²) in [6.45, 7) is 3.98. The molecule has 24 heavy (non-hydrogen) atoms. The smallest absolute Gasteiger partial charge is 0.161 e. The number of benzene rings is 1. The van der Waals surface area contributed by atoms with Gasteiger partial charge in [-0.25, -0.2) is 4.98 Å². The van der Waals surface area contributed by atoms with E-state index in [9.17, 15) is 5.11 Å². The van der Waals surface area contributed by atoms with Crippen LogP contribution in [0, 0.1) is 6.92 Å². The Hall–Kier alpha value is -2.53. The highest BCUT2D eigenvalue weighted by molar-refractivity contribution is 5.70. The van der Waals surface area contributed by atoms with Crippen molar-refractivity contribution in [2.75, 3.05) is 14.2 Å². The number of methoxy groups -OCH3 is 2. The molecule has 0 aliphatic carbocycles. The second-order valence-electron chi connectivity index (χ2n) is 5.77. The standard InChI is InChI=1S/C19H22N2O3/c1-5-14(22)19-18(20-17-10-12(2)8-9-21(17)19)13-6-7-15(23-3)16(11-13)24-4/h6-11,14,22H,5H2,1-4H3. The summed E-state index contributed by atoms with van der Waals surface area (Å²) in [7, 11) is 3.22. The fourth-order valence-corrected chi connectivity index (χ4v) is 2.87. The average molecular weight is 326 g/mol. The van der Waals surface area contributed by atoms with Gasteiger partial charge in [0.15, 0.2) is 11.5 Å². The molecule has 5 heteroatoms. The third-order valence-corrected chi connectivity index (χ3v) is 4.18. The number of ether oxygens (including phenoxy) is 2. The maximum Gasteiger partial charge on any atom is 0.161 e. The number of nitrogens with zero attached hydrogens (tertiary/aromatic N) is 2. The number of fused-ring (bicyclic) bond motifs is 1. The fraction of sp³-hybridized carbons (Fsp3) is 0.316. The van der Waals surface area contributed by atoms with Gasteiger partial charge in [0, 0.05) is 11.8 Å². The highest BCUT2D eigenvalue weighted by Crippen LogP contribution is 2.36. The molecule has 0 aliphatic rings. The number of aromatic nitrogens is 2. The van der Waals surface area contributed by atoms with Crippen LogP contribution in [-0.2, 0) is 0 Å². The summed E-state index contributed by atoms with van der Waals surface area (Å²) in [5.74, 6) is 1.30. The molecule has 3 aromatic rings. The first-order valence-electron chi connectivity index (χ1n) is 7.98. The van der Waals surface area contributed by atoms with Gasteiger partial charge in [-0.15, -0.1) is 0 Å². The Morgan fingerprint density at radius 2 is 1.88 bits per heavy atom. The van der Waals surface area contributed by atoms with Crippen LogP contribution in [0.5, 0.6) is 11.5 Å². The lowest BCUT2D eigenvalue weighted by Gasteiger charge is -2.12. The highest BCUT2D eigenvalue weighted by Gasteiger charge is 2.20. The van der Waals surface area contributed by atoms with Crippen molar-refractivity contribution in [1.82, 2.24) is 9.38 Å². The number of imidazole rings is 1. The second-order valence-corrected chi connectivity index (χ2v) is 5.77. The van der Waals surface area contributed by atoms with Crippen molar-refractivity contribution in [2.24, 2.45) is 0 Å². The predicted molar refractivity (Wildman–Crippen MR) is 93.7 cm³/mol. The zero-order valence-corrected chi connectivity index (χ0v) is 14.4. The first-order valence-corrected chi connectivity index (χ1v) is 7.98. The van der Waals surface area contributed by atoms with Crippen LogP contribution in [0.25, 0.3) is 16.9 Å². The minimum Gasteiger partial charge on any atom is -0.493 e. The van der Waals surface area contributed by atoms with Crippen molar-refractivity contribution in [2.45, 2.75) is 26.4 Å². The summed E-state index contributed by atoms with van der Waals surface area (Å²) >= 11 is 0. The quantitative estimate of drug-likeness (QED) is 0.775. The van der Waals surface area contributed by atoms with E-state index in [1.54, 1.807) is 14.2 Å². The minimum absolute atomic E-state index is 0.592. The molecule has 0 fully saturated rings. The molecule has 1 N–H and O–H groups in total. The normalized spacial score (nSPS) is 12.4. The van der Waals surface area contributed by atoms with Crippen LogP contribution in [0.2, 0.25) is 0 Å². The molecule has 0 spiro atoms. The average Bonchev–Trinajstić information content (AvgIpc) is 2.98. The van der Waals surface area contributed by atoms with E-state index in [2.05, 4.69) is 0 Å². The fourth-order valence-electron chi connectivity index (χ4n) is 2.87. The molecule has 5 nitrogen and oxygen atoms in total. The van der Waals surface area contributed by atoms with Crippen molar-refractivity contribution < 1.29 is 14.6 Å². The summed E-state index contributed by atoms with van der Waals surface area (Å²) in [5.41, 5.74) is 4.39. The Labute approximate surface area is 141 Å². The lowest BCUT2D eigenvalue weighted by atomic mass is 10.1. The molecule has 0 aliphatic heterocycles. The maximum absolute atomic E-state index is 10.5. The van der Waals surface area contributed by atoms with Gasteiger partial charge in [-0.3, -0.25) is 0 Å². The molecule has 2 heterocycles. The predicted octanol–water partition coefficient (Wildman–Crippen LogP) is 3.77. The third-order valence-electron chi connectivity index (χ3n) is 4.18. The molecule has 0 saturated heterocycles. The van der Waals surface area contributed by atoms with E-state index in [0.29, 0.717) is 17.9 Å². The van der Waals surface area contributed by atoms with E-state index >= 15 is 0 Å². The van der Waals surface area contributed by atoms with Gasteiger partial charge in [0.25, 0.3) is 0 Å². The van der Waals surface area contributed by atoms with Gasteiger partial charge in [0.05, 0.1) is 31.7 Å². The summed E-state index contributed by atoms with van der Waals surface area (Å²) < 4.78 is 12.6. The van der Waals surface area contributed by atoms with Crippen LogP contribution >= 0.6 is 0 Å². The number of hydrogen-bond donors (Lipinski definition) is 1. The Kier molecular flexibility index (Phi) is 4.44. The number of aliphatic hydroxyl groups excluding tert-OH is 1. The zero-order valence-electron chi connectivity index (χ0n) is 14.4. The summed E-state index contributed by atoms with van der Waals surface area (Å²) in [5, 5.41) is 10.5. The van der Waals surface area contributed by atoms with E-state index in [0.717, 1.165) is 28.2 Å². The lowest BCUT2D eigenvalue weighted by Crippen LogP contribution is -2.02. The monoisotopic (exact) mass is 326 g/mol. The van der Waals surface area contributed by atoms with Gasteiger partial charge >= 0.3 is 0 Å². The molecule has 3 rings (SSSR count). The number of aryl methyl sites for hydroxylation is 1. The van der Waals surface area contributed by atoms with Crippen molar-refractivity contribution in [3.05, 3.63) is 47.8 Å². The number of hydrogen-bond acceptors (Lipinski definition) is 4. The largest absolute Gasteiger partial charge is 0.493 e. The van der Waals surface area contributed by atoms with Crippen molar-refractivity contribution in [3.8, 4) is 22.8 Å². The molecular weight excluding hydrogens is 304 g/mol. The van der Waals surface area contributed by atoms with E-state index in [-0.39, 0.29) is 0 Å². The minimum atomic E-state index is -0.592. The number of pyridine rings is 1. The Morgan fingerprint density at radius 1 is 1.12 bits per heavy atom. The second kappa shape index (κ2) is 6.53. The highest BCUT2D eigenvalue weighted by atomic mass is 16.5. The van der Waals surface area contributed by atoms with Crippen molar-refractivity contribution in [1.29, 1.82) is 0 Å². The molecule has 0 amide bonds. The van der Waals surface area contributed by atoms with Crippen LogP contribution < -0.4 is 9.47 Å². The summed E-state index contributed by atoms with van der Waals surface area (Å²) in [6, 6.07) is 9.70. The van der Waals surface area contributed by atoms with Crippen LogP contribution in [0.3, 0.4) is 0 Å². The van der Waals surface area contributed by atoms with E-state index in [1.165, 1.54) is 0 Å². The Balaban J connectivity index is 2.25. The van der Waals surface area contributed by atoms with Crippen LogP contribution in [0.1, 0.15) is 30.7 Å². The number of aliphatic hydroxyl groups is 1. The molecule has 1 aromatic carbocycles. The molecule has 0 radical (unpaired) electrons. The van der Waals surface area contributed by atoms with Gasteiger partial charge in [-0.2, -0.15) is 0 Å². The van der Waals surface area contributed by atoms with Gasteiger partial charge < -0.3 is 19.0 Å². The van der Waals surface area contributed by atoms with Crippen molar-refractivity contribution in [3.63, 3.8) is 0 Å². The van der Waals surface area contributed by atoms with E-state index in [4.69, 9.17) is 14.5 Å². The zero-order chi connectivity index (χ0) is 17.3. The Morgan fingerprint density at radius 3 is 2.54 bits per heavy atom. The molecule has 1 unspecified atom stereocenters. The first kappa shape index (κ1) is 16.3. The van der Waals surface area contributed by atoms with Crippen LogP contribution in [-0.4, -0.2) is 28.7 Å². The summed E-state index contributed by atoms with van der Waals surface area (Å²) in [6.07, 6.45) is 1.98. The molecule has 126 valence electrons. The molecule has 0 saturated carbocycles. The van der Waals surface area contributed by atoms with Crippen LogP contribution in [0.15, 0.2) is 36.5 Å². The molecular formula is C19H22N2O3. The van der Waals surface area contributed by atoms with E-state index in [1.807, 2.05) is 54.8 Å². The van der Waals surface area contributed by atoms with Gasteiger partial charge in [-0.1, -0.05) is 6.92 Å². The first-order chi connectivity index (χ1) is 11.6. The van der Waals surface area contributed by atoms with Crippen molar-refractivity contribution >= 4 is 5.65 Å². The lowest BCUT2D eigenvalue weighted by molar-refractivity contribution is 0.168.